The van der Waals surface area contributed by atoms with Gasteiger partial charge in [0, 0.05) is 17.3 Å². The van der Waals surface area contributed by atoms with Gasteiger partial charge in [-0.3, -0.25) is 14.5 Å². The summed E-state index contributed by atoms with van der Waals surface area (Å²) in [5.41, 5.74) is 3.72. The smallest absolute Gasteiger partial charge is 0.243 e. The lowest BCUT2D eigenvalue weighted by atomic mass is 10.1. The van der Waals surface area contributed by atoms with Gasteiger partial charge in [0.15, 0.2) is 0 Å². The van der Waals surface area contributed by atoms with Crippen molar-refractivity contribution >= 4 is 29.1 Å². The second-order valence-corrected chi connectivity index (χ2v) is 7.12. The standard InChI is InChI=1S/C21H26ClN3O2/c1-14-8-7-9-15(2)20(14)24-19(26)12-23-21(27)16(3)25(4)13-17-10-5-6-11-18(17)22/h5-11,16H,12-13H2,1-4H3,(H,23,27)(H,24,26). The lowest BCUT2D eigenvalue weighted by Crippen LogP contribution is -2.45. The van der Waals surface area contributed by atoms with Gasteiger partial charge in [-0.15, -0.1) is 0 Å². The Kier molecular flexibility index (Phi) is 7.39. The normalized spacial score (nSPS) is 11.9. The Labute approximate surface area is 165 Å². The molecule has 0 saturated heterocycles. The molecule has 2 rings (SSSR count). The molecule has 2 aromatic carbocycles. The minimum absolute atomic E-state index is 0.0725. The van der Waals surface area contributed by atoms with Crippen LogP contribution in [0.15, 0.2) is 42.5 Å². The molecule has 2 N–H and O–H groups in total. The molecule has 6 heteroatoms. The van der Waals surface area contributed by atoms with E-state index in [9.17, 15) is 9.59 Å². The zero-order valence-electron chi connectivity index (χ0n) is 16.2. The van der Waals surface area contributed by atoms with E-state index in [1.807, 2.05) is 68.3 Å². The van der Waals surface area contributed by atoms with Gasteiger partial charge in [0.1, 0.15) is 0 Å². The van der Waals surface area contributed by atoms with Gasteiger partial charge in [0.2, 0.25) is 11.8 Å². The van der Waals surface area contributed by atoms with Crippen LogP contribution >= 0.6 is 11.6 Å². The SMILES string of the molecule is Cc1cccc(C)c1NC(=O)CNC(=O)C(C)N(C)Cc1ccccc1Cl. The molecule has 1 unspecified atom stereocenters. The fourth-order valence-electron chi connectivity index (χ4n) is 2.74. The topological polar surface area (TPSA) is 61.4 Å². The second-order valence-electron chi connectivity index (χ2n) is 6.72. The summed E-state index contributed by atoms with van der Waals surface area (Å²) in [5, 5.41) is 6.23. The van der Waals surface area contributed by atoms with Crippen molar-refractivity contribution in [1.29, 1.82) is 0 Å². The molecule has 0 radical (unpaired) electrons. The third kappa shape index (κ3) is 5.81. The summed E-state index contributed by atoms with van der Waals surface area (Å²) in [6.07, 6.45) is 0. The van der Waals surface area contributed by atoms with Crippen LogP contribution in [0.4, 0.5) is 5.69 Å². The Morgan fingerprint density at radius 1 is 1.07 bits per heavy atom. The first kappa shape index (κ1) is 20.9. The third-order valence-electron chi connectivity index (χ3n) is 4.59. The Bertz CT molecular complexity index is 803. The second kappa shape index (κ2) is 9.53. The zero-order valence-corrected chi connectivity index (χ0v) is 16.9. The number of anilines is 1. The van der Waals surface area contributed by atoms with Crippen molar-refractivity contribution in [1.82, 2.24) is 10.2 Å². The van der Waals surface area contributed by atoms with E-state index in [0.717, 1.165) is 22.4 Å². The molecule has 5 nitrogen and oxygen atoms in total. The molecule has 27 heavy (non-hydrogen) atoms. The van der Waals surface area contributed by atoms with Crippen LogP contribution in [0, 0.1) is 13.8 Å². The number of hydrogen-bond acceptors (Lipinski definition) is 3. The van der Waals surface area contributed by atoms with Crippen LogP contribution in [0.25, 0.3) is 0 Å². The number of hydrogen-bond donors (Lipinski definition) is 2. The van der Waals surface area contributed by atoms with Gasteiger partial charge >= 0.3 is 0 Å². The van der Waals surface area contributed by atoms with E-state index in [-0.39, 0.29) is 18.4 Å². The molecular formula is C21H26ClN3O2. The fraction of sp³-hybridized carbons (Fsp3) is 0.333. The largest absolute Gasteiger partial charge is 0.346 e. The average Bonchev–Trinajstić information content (AvgIpc) is 2.64. The average molecular weight is 388 g/mol. The van der Waals surface area contributed by atoms with Crippen molar-refractivity contribution in [2.75, 3.05) is 18.9 Å². The molecular weight excluding hydrogens is 362 g/mol. The molecule has 0 aromatic heterocycles. The van der Waals surface area contributed by atoms with Crippen molar-refractivity contribution in [2.45, 2.75) is 33.4 Å². The summed E-state index contributed by atoms with van der Waals surface area (Å²) in [7, 11) is 1.85. The van der Waals surface area contributed by atoms with E-state index >= 15 is 0 Å². The van der Waals surface area contributed by atoms with Crippen LogP contribution in [-0.4, -0.2) is 36.3 Å². The molecule has 0 heterocycles. The minimum atomic E-state index is -0.394. The molecule has 0 aliphatic rings. The van der Waals surface area contributed by atoms with Crippen molar-refractivity contribution in [2.24, 2.45) is 0 Å². The van der Waals surface area contributed by atoms with Crippen LogP contribution in [0.3, 0.4) is 0 Å². The minimum Gasteiger partial charge on any atom is -0.346 e. The van der Waals surface area contributed by atoms with Crippen LogP contribution < -0.4 is 10.6 Å². The number of likely N-dealkylation sites (N-methyl/N-ethyl adjacent to an activating group) is 1. The lowest BCUT2D eigenvalue weighted by Gasteiger charge is -2.24. The third-order valence-corrected chi connectivity index (χ3v) is 4.96. The Morgan fingerprint density at radius 3 is 2.33 bits per heavy atom. The number of amides is 2. The summed E-state index contributed by atoms with van der Waals surface area (Å²) in [4.78, 5) is 26.5. The summed E-state index contributed by atoms with van der Waals surface area (Å²) in [6, 6.07) is 13.0. The number of carbonyl (C=O) groups is 2. The van der Waals surface area contributed by atoms with E-state index in [0.29, 0.717) is 11.6 Å². The Balaban J connectivity index is 1.87. The van der Waals surface area contributed by atoms with Crippen molar-refractivity contribution in [3.05, 3.63) is 64.2 Å². The molecule has 0 bridgehead atoms. The van der Waals surface area contributed by atoms with Crippen molar-refractivity contribution in [3.8, 4) is 0 Å². The van der Waals surface area contributed by atoms with E-state index in [1.54, 1.807) is 6.92 Å². The Morgan fingerprint density at radius 2 is 1.70 bits per heavy atom. The molecule has 2 amide bonds. The summed E-state index contributed by atoms with van der Waals surface area (Å²) in [6.45, 7) is 6.15. The first-order valence-corrected chi connectivity index (χ1v) is 9.24. The summed E-state index contributed by atoms with van der Waals surface area (Å²) < 4.78 is 0. The molecule has 0 saturated carbocycles. The number of aryl methyl sites for hydroxylation is 2. The predicted octanol–water partition coefficient (Wildman–Crippen LogP) is 3.53. The molecule has 0 aliphatic heterocycles. The molecule has 1 atom stereocenters. The van der Waals surface area contributed by atoms with Crippen molar-refractivity contribution in [3.63, 3.8) is 0 Å². The predicted molar refractivity (Wildman–Crippen MR) is 110 cm³/mol. The highest BCUT2D eigenvalue weighted by molar-refractivity contribution is 6.31. The van der Waals surface area contributed by atoms with Crippen LogP contribution in [0.2, 0.25) is 5.02 Å². The highest BCUT2D eigenvalue weighted by Gasteiger charge is 2.19. The summed E-state index contributed by atoms with van der Waals surface area (Å²) >= 11 is 6.18. The van der Waals surface area contributed by atoms with Gasteiger partial charge in [0.05, 0.1) is 12.6 Å². The van der Waals surface area contributed by atoms with Crippen LogP contribution in [-0.2, 0) is 16.1 Å². The number of para-hydroxylation sites is 1. The lowest BCUT2D eigenvalue weighted by molar-refractivity contribution is -0.127. The number of nitrogens with zero attached hydrogens (tertiary/aromatic N) is 1. The monoisotopic (exact) mass is 387 g/mol. The maximum absolute atomic E-state index is 12.4. The maximum atomic E-state index is 12.4. The van der Waals surface area contributed by atoms with Gasteiger partial charge in [-0.05, 0) is 50.6 Å². The summed E-state index contributed by atoms with van der Waals surface area (Å²) in [5.74, 6) is -0.456. The van der Waals surface area contributed by atoms with Gasteiger partial charge in [-0.25, -0.2) is 0 Å². The zero-order chi connectivity index (χ0) is 20.0. The maximum Gasteiger partial charge on any atom is 0.243 e. The highest BCUT2D eigenvalue weighted by atomic mass is 35.5. The van der Waals surface area contributed by atoms with E-state index in [1.165, 1.54) is 0 Å². The molecule has 0 spiro atoms. The van der Waals surface area contributed by atoms with Crippen LogP contribution in [0.1, 0.15) is 23.6 Å². The van der Waals surface area contributed by atoms with Gasteiger partial charge in [-0.1, -0.05) is 48.0 Å². The van der Waals surface area contributed by atoms with E-state index < -0.39 is 6.04 Å². The molecule has 2 aromatic rings. The van der Waals surface area contributed by atoms with Crippen LogP contribution in [0.5, 0.6) is 0 Å². The van der Waals surface area contributed by atoms with E-state index in [2.05, 4.69) is 10.6 Å². The van der Waals surface area contributed by atoms with E-state index in [4.69, 9.17) is 11.6 Å². The van der Waals surface area contributed by atoms with Crippen molar-refractivity contribution < 1.29 is 9.59 Å². The Hall–Kier alpha value is -2.37. The van der Waals surface area contributed by atoms with Gasteiger partial charge in [-0.2, -0.15) is 0 Å². The number of rotatable bonds is 7. The highest BCUT2D eigenvalue weighted by Crippen LogP contribution is 2.19. The number of carbonyl (C=O) groups excluding carboxylic acids is 2. The first-order valence-electron chi connectivity index (χ1n) is 8.87. The number of nitrogens with one attached hydrogen (secondary N) is 2. The van der Waals surface area contributed by atoms with Gasteiger partial charge < -0.3 is 10.6 Å². The quantitative estimate of drug-likeness (QED) is 0.764. The number of halogens is 1. The molecule has 0 fully saturated rings. The molecule has 144 valence electrons. The van der Waals surface area contributed by atoms with Gasteiger partial charge in [0.25, 0.3) is 0 Å². The number of benzene rings is 2. The molecule has 0 aliphatic carbocycles. The first-order chi connectivity index (χ1) is 12.8. The fourth-order valence-corrected chi connectivity index (χ4v) is 2.94.